The molecule has 1 aliphatic carbocycles. The van der Waals surface area contributed by atoms with Crippen molar-refractivity contribution >= 4 is 26.8 Å². The molecule has 14 heavy (non-hydrogen) atoms. The van der Waals surface area contributed by atoms with Crippen LogP contribution in [0.1, 0.15) is 24.3 Å². The quantitative estimate of drug-likeness (QED) is 0.746. The molecular formula is C12H10BrN. The van der Waals surface area contributed by atoms with Gasteiger partial charge in [-0.05, 0) is 36.5 Å². The molecule has 2 heteroatoms. The maximum Gasteiger partial charge on any atom is 0.0748 e. The van der Waals surface area contributed by atoms with Gasteiger partial charge in [0.1, 0.15) is 0 Å². The Morgan fingerprint density at radius 3 is 2.86 bits per heavy atom. The van der Waals surface area contributed by atoms with Crippen LogP contribution in [0.25, 0.3) is 10.9 Å². The number of nitrogens with zero attached hydrogens (tertiary/aromatic N) is 1. The number of hydrogen-bond acceptors (Lipinski definition) is 1. The van der Waals surface area contributed by atoms with Crippen molar-refractivity contribution in [3.8, 4) is 0 Å². The van der Waals surface area contributed by atoms with Crippen LogP contribution in [-0.2, 0) is 0 Å². The van der Waals surface area contributed by atoms with Crippen LogP contribution in [-0.4, -0.2) is 4.98 Å². The standard InChI is InChI=1S/C12H10BrN/c13-11-6-5-9(8-3-4-8)12-10(11)2-1-7-14-12/h1-2,5-8H,3-4H2. The summed E-state index contributed by atoms with van der Waals surface area (Å²) in [4.78, 5) is 4.47. The highest BCUT2D eigenvalue weighted by Gasteiger charge is 2.25. The number of hydrogen-bond donors (Lipinski definition) is 0. The first-order valence-corrected chi connectivity index (χ1v) is 5.68. The Hall–Kier alpha value is -0.890. The Balaban J connectivity index is 2.35. The Kier molecular flexibility index (Phi) is 1.84. The van der Waals surface area contributed by atoms with Gasteiger partial charge in [0.15, 0.2) is 0 Å². The fourth-order valence-corrected chi connectivity index (χ4v) is 2.34. The van der Waals surface area contributed by atoms with Gasteiger partial charge in [-0.2, -0.15) is 0 Å². The summed E-state index contributed by atoms with van der Waals surface area (Å²) in [5, 5.41) is 1.23. The van der Waals surface area contributed by atoms with Gasteiger partial charge in [-0.25, -0.2) is 0 Å². The minimum Gasteiger partial charge on any atom is -0.256 e. The zero-order valence-electron chi connectivity index (χ0n) is 7.70. The molecule has 1 aromatic carbocycles. The molecule has 0 aliphatic heterocycles. The van der Waals surface area contributed by atoms with Crippen LogP contribution in [0.4, 0.5) is 0 Å². The number of aromatic nitrogens is 1. The van der Waals surface area contributed by atoms with Crippen molar-refractivity contribution in [2.24, 2.45) is 0 Å². The summed E-state index contributed by atoms with van der Waals surface area (Å²) in [6.07, 6.45) is 4.53. The number of rotatable bonds is 1. The lowest BCUT2D eigenvalue weighted by Gasteiger charge is -2.05. The molecule has 0 saturated heterocycles. The molecule has 0 N–H and O–H groups in total. The summed E-state index contributed by atoms with van der Waals surface area (Å²) in [5.74, 6) is 0.764. The molecule has 1 aliphatic rings. The zero-order valence-corrected chi connectivity index (χ0v) is 9.29. The van der Waals surface area contributed by atoms with Gasteiger partial charge in [0.25, 0.3) is 0 Å². The van der Waals surface area contributed by atoms with Crippen LogP contribution < -0.4 is 0 Å². The number of halogens is 1. The number of pyridine rings is 1. The Morgan fingerprint density at radius 2 is 2.07 bits per heavy atom. The minimum absolute atomic E-state index is 0.764. The maximum atomic E-state index is 4.47. The summed E-state index contributed by atoms with van der Waals surface area (Å²) in [5.41, 5.74) is 2.59. The summed E-state index contributed by atoms with van der Waals surface area (Å²) in [6, 6.07) is 8.46. The predicted molar refractivity (Wildman–Crippen MR) is 61.4 cm³/mol. The second-order valence-electron chi connectivity index (χ2n) is 3.81. The second kappa shape index (κ2) is 3.06. The molecule has 0 atom stereocenters. The third-order valence-electron chi connectivity index (χ3n) is 2.76. The molecule has 0 spiro atoms. The molecule has 2 aromatic rings. The van der Waals surface area contributed by atoms with Crippen LogP contribution >= 0.6 is 15.9 Å². The van der Waals surface area contributed by atoms with Crippen molar-refractivity contribution in [1.29, 1.82) is 0 Å². The van der Waals surface area contributed by atoms with Crippen LogP contribution in [0.3, 0.4) is 0 Å². The topological polar surface area (TPSA) is 12.9 Å². The van der Waals surface area contributed by atoms with Crippen molar-refractivity contribution in [2.45, 2.75) is 18.8 Å². The largest absolute Gasteiger partial charge is 0.256 e. The van der Waals surface area contributed by atoms with Gasteiger partial charge in [-0.3, -0.25) is 4.98 Å². The molecule has 0 radical (unpaired) electrons. The van der Waals surface area contributed by atoms with E-state index in [1.807, 2.05) is 12.3 Å². The van der Waals surface area contributed by atoms with E-state index in [1.54, 1.807) is 0 Å². The number of fused-ring (bicyclic) bond motifs is 1. The van der Waals surface area contributed by atoms with Crippen molar-refractivity contribution < 1.29 is 0 Å². The van der Waals surface area contributed by atoms with Crippen LogP contribution in [0, 0.1) is 0 Å². The van der Waals surface area contributed by atoms with Gasteiger partial charge in [0.2, 0.25) is 0 Å². The highest BCUT2D eigenvalue weighted by molar-refractivity contribution is 9.10. The Morgan fingerprint density at radius 1 is 1.21 bits per heavy atom. The molecule has 0 unspecified atom stereocenters. The van der Waals surface area contributed by atoms with E-state index >= 15 is 0 Å². The zero-order chi connectivity index (χ0) is 9.54. The second-order valence-corrected chi connectivity index (χ2v) is 4.66. The van der Waals surface area contributed by atoms with Crippen molar-refractivity contribution in [3.63, 3.8) is 0 Å². The lowest BCUT2D eigenvalue weighted by atomic mass is 10.1. The summed E-state index contributed by atoms with van der Waals surface area (Å²) in [7, 11) is 0. The van der Waals surface area contributed by atoms with Gasteiger partial charge < -0.3 is 0 Å². The average Bonchev–Trinajstić information content (AvgIpc) is 3.03. The molecule has 1 heterocycles. The molecule has 70 valence electrons. The van der Waals surface area contributed by atoms with Gasteiger partial charge in [-0.1, -0.05) is 28.1 Å². The van der Waals surface area contributed by atoms with Crippen molar-refractivity contribution in [3.05, 3.63) is 40.5 Å². The lowest BCUT2D eigenvalue weighted by Crippen LogP contribution is -1.86. The summed E-state index contributed by atoms with van der Waals surface area (Å²) < 4.78 is 1.14. The first-order chi connectivity index (χ1) is 6.86. The minimum atomic E-state index is 0.764. The molecular weight excluding hydrogens is 238 g/mol. The third kappa shape index (κ3) is 1.25. The van der Waals surface area contributed by atoms with E-state index in [-0.39, 0.29) is 0 Å². The third-order valence-corrected chi connectivity index (χ3v) is 3.46. The molecule has 1 fully saturated rings. The van der Waals surface area contributed by atoms with E-state index in [0.29, 0.717) is 0 Å². The Bertz CT molecular complexity index is 489. The average molecular weight is 248 g/mol. The molecule has 1 saturated carbocycles. The molecule has 1 nitrogen and oxygen atoms in total. The normalized spacial score (nSPS) is 16.1. The molecule has 0 amide bonds. The van der Waals surface area contributed by atoms with Gasteiger partial charge in [-0.15, -0.1) is 0 Å². The highest BCUT2D eigenvalue weighted by Crippen LogP contribution is 2.43. The summed E-state index contributed by atoms with van der Waals surface area (Å²) >= 11 is 3.56. The van der Waals surface area contributed by atoms with Gasteiger partial charge >= 0.3 is 0 Å². The van der Waals surface area contributed by atoms with E-state index in [0.717, 1.165) is 10.4 Å². The van der Waals surface area contributed by atoms with Crippen LogP contribution in [0.5, 0.6) is 0 Å². The van der Waals surface area contributed by atoms with Gasteiger partial charge in [0.05, 0.1) is 5.52 Å². The van der Waals surface area contributed by atoms with E-state index in [9.17, 15) is 0 Å². The first kappa shape index (κ1) is 8.42. The van der Waals surface area contributed by atoms with Crippen LogP contribution in [0.15, 0.2) is 34.9 Å². The summed E-state index contributed by atoms with van der Waals surface area (Å²) in [6.45, 7) is 0. The van der Waals surface area contributed by atoms with E-state index in [2.05, 4.69) is 39.1 Å². The highest BCUT2D eigenvalue weighted by atomic mass is 79.9. The fourth-order valence-electron chi connectivity index (χ4n) is 1.88. The molecule has 1 aromatic heterocycles. The predicted octanol–water partition coefficient (Wildman–Crippen LogP) is 3.87. The maximum absolute atomic E-state index is 4.47. The first-order valence-electron chi connectivity index (χ1n) is 4.89. The Labute approximate surface area is 91.3 Å². The molecule has 0 bridgehead atoms. The van der Waals surface area contributed by atoms with Crippen LogP contribution in [0.2, 0.25) is 0 Å². The number of benzene rings is 1. The smallest absolute Gasteiger partial charge is 0.0748 e. The lowest BCUT2D eigenvalue weighted by molar-refractivity contribution is 1.13. The van der Waals surface area contributed by atoms with Crippen molar-refractivity contribution in [2.75, 3.05) is 0 Å². The van der Waals surface area contributed by atoms with Crippen molar-refractivity contribution in [1.82, 2.24) is 4.98 Å². The molecule has 3 rings (SSSR count). The monoisotopic (exact) mass is 247 g/mol. The SMILES string of the molecule is Brc1ccc(C2CC2)c2ncccc12. The van der Waals surface area contributed by atoms with E-state index in [1.165, 1.54) is 29.3 Å². The van der Waals surface area contributed by atoms with E-state index in [4.69, 9.17) is 0 Å². The fraction of sp³-hybridized carbons (Fsp3) is 0.250. The van der Waals surface area contributed by atoms with Gasteiger partial charge in [0, 0.05) is 16.1 Å². The van der Waals surface area contributed by atoms with E-state index < -0.39 is 0 Å².